The minimum atomic E-state index is -0.170. The summed E-state index contributed by atoms with van der Waals surface area (Å²) in [7, 11) is 0. The maximum Gasteiger partial charge on any atom is 0.174 e. The Morgan fingerprint density at radius 2 is 1.75 bits per heavy atom. The summed E-state index contributed by atoms with van der Waals surface area (Å²) >= 11 is 5.75. The fourth-order valence-electron chi connectivity index (χ4n) is 4.06. The van der Waals surface area contributed by atoms with Crippen LogP contribution in [0.25, 0.3) is 11.3 Å². The number of pyridine rings is 1. The third kappa shape index (κ3) is 3.85. The van der Waals surface area contributed by atoms with Crippen molar-refractivity contribution in [1.82, 2.24) is 10.3 Å². The molecule has 2 aromatic heterocycles. The molecule has 1 fully saturated rings. The van der Waals surface area contributed by atoms with Gasteiger partial charge in [0, 0.05) is 17.4 Å². The largest absolute Gasteiger partial charge is 0.494 e. The van der Waals surface area contributed by atoms with Gasteiger partial charge in [-0.1, -0.05) is 24.3 Å². The molecule has 2 atom stereocenters. The van der Waals surface area contributed by atoms with Gasteiger partial charge < -0.3 is 19.4 Å². The zero-order valence-corrected chi connectivity index (χ0v) is 18.5. The molecule has 4 aromatic rings. The molecular formula is C26H23N3O2S. The van der Waals surface area contributed by atoms with Crippen LogP contribution in [0.1, 0.15) is 30.5 Å². The van der Waals surface area contributed by atoms with E-state index in [2.05, 4.69) is 27.3 Å². The van der Waals surface area contributed by atoms with Crippen LogP contribution < -0.4 is 15.0 Å². The number of nitrogens with zero attached hydrogens (tertiary/aromatic N) is 2. The van der Waals surface area contributed by atoms with E-state index >= 15 is 0 Å². The molecule has 5 rings (SSSR count). The average Bonchev–Trinajstić information content (AvgIpc) is 3.45. The Kier molecular flexibility index (Phi) is 5.60. The van der Waals surface area contributed by atoms with Gasteiger partial charge in [-0.2, -0.15) is 0 Å². The number of thiocarbonyl (C=S) groups is 1. The number of para-hydroxylation sites is 1. The number of benzene rings is 2. The molecule has 0 radical (unpaired) electrons. The normalized spacial score (nSPS) is 17.9. The Bertz CT molecular complexity index is 1190. The van der Waals surface area contributed by atoms with E-state index in [1.54, 1.807) is 6.20 Å². The molecule has 1 aliphatic heterocycles. The highest BCUT2D eigenvalue weighted by molar-refractivity contribution is 7.80. The number of hydrogen-bond donors (Lipinski definition) is 1. The molecule has 0 amide bonds. The smallest absolute Gasteiger partial charge is 0.174 e. The lowest BCUT2D eigenvalue weighted by atomic mass is 10.0. The Labute approximate surface area is 192 Å². The van der Waals surface area contributed by atoms with Crippen LogP contribution in [0.4, 0.5) is 5.69 Å². The highest BCUT2D eigenvalue weighted by Gasteiger charge is 2.42. The van der Waals surface area contributed by atoms with Gasteiger partial charge in [0.2, 0.25) is 0 Å². The van der Waals surface area contributed by atoms with E-state index in [4.69, 9.17) is 21.4 Å². The summed E-state index contributed by atoms with van der Waals surface area (Å²) in [6, 6.07) is 27.7. The molecule has 6 heteroatoms. The summed E-state index contributed by atoms with van der Waals surface area (Å²) in [6.45, 7) is 2.62. The van der Waals surface area contributed by atoms with E-state index in [0.717, 1.165) is 34.2 Å². The lowest BCUT2D eigenvalue weighted by molar-refractivity contribution is 0.340. The van der Waals surface area contributed by atoms with Crippen LogP contribution in [0, 0.1) is 0 Å². The molecule has 3 heterocycles. The second-order valence-electron chi connectivity index (χ2n) is 7.49. The van der Waals surface area contributed by atoms with Gasteiger partial charge in [-0.25, -0.2) is 0 Å². The van der Waals surface area contributed by atoms with Gasteiger partial charge in [0.05, 0.1) is 18.3 Å². The van der Waals surface area contributed by atoms with Gasteiger partial charge in [0.15, 0.2) is 5.11 Å². The molecule has 5 nitrogen and oxygen atoms in total. The Morgan fingerprint density at radius 3 is 2.47 bits per heavy atom. The van der Waals surface area contributed by atoms with Crippen LogP contribution in [-0.4, -0.2) is 16.7 Å². The quantitative estimate of drug-likeness (QED) is 0.375. The van der Waals surface area contributed by atoms with Crippen molar-refractivity contribution in [2.45, 2.75) is 19.0 Å². The van der Waals surface area contributed by atoms with Crippen molar-refractivity contribution in [3.8, 4) is 17.1 Å². The SMILES string of the molecule is CCOc1ccc(-c2ccc(C3C(c4ccccn4)NC(=S)N3c3ccccc3)o2)cc1. The first-order valence-electron chi connectivity index (χ1n) is 10.6. The van der Waals surface area contributed by atoms with Crippen molar-refractivity contribution in [2.75, 3.05) is 11.5 Å². The van der Waals surface area contributed by atoms with Crippen LogP contribution in [0.15, 0.2) is 95.5 Å². The standard InChI is InChI=1S/C26H23N3O2S/c1-2-30-20-13-11-18(12-14-20)22-15-16-23(31-22)25-24(21-10-6-7-17-27-21)28-26(32)29(25)19-8-4-3-5-9-19/h3-17,24-25H,2H2,1H3,(H,28,32). The third-order valence-corrected chi connectivity index (χ3v) is 5.82. The minimum Gasteiger partial charge on any atom is -0.494 e. The van der Waals surface area contributed by atoms with Gasteiger partial charge in [-0.3, -0.25) is 4.98 Å². The summed E-state index contributed by atoms with van der Waals surface area (Å²) in [6.07, 6.45) is 1.80. The van der Waals surface area contributed by atoms with Crippen molar-refractivity contribution < 1.29 is 9.15 Å². The number of ether oxygens (including phenoxy) is 1. The summed E-state index contributed by atoms with van der Waals surface area (Å²) in [5.41, 5.74) is 2.92. The lowest BCUT2D eigenvalue weighted by Gasteiger charge is -2.26. The molecule has 1 aliphatic rings. The summed E-state index contributed by atoms with van der Waals surface area (Å²) in [5.74, 6) is 2.47. The fraction of sp³-hybridized carbons (Fsp3) is 0.154. The van der Waals surface area contributed by atoms with Gasteiger partial charge in [0.25, 0.3) is 0 Å². The Balaban J connectivity index is 1.54. The Morgan fingerprint density at radius 1 is 0.969 bits per heavy atom. The number of aromatic nitrogens is 1. The second-order valence-corrected chi connectivity index (χ2v) is 7.88. The molecule has 160 valence electrons. The monoisotopic (exact) mass is 441 g/mol. The number of hydrogen-bond acceptors (Lipinski definition) is 4. The fourth-order valence-corrected chi connectivity index (χ4v) is 4.41. The first-order chi connectivity index (χ1) is 15.7. The second kappa shape index (κ2) is 8.85. The highest BCUT2D eigenvalue weighted by Crippen LogP contribution is 2.42. The van der Waals surface area contributed by atoms with Crippen LogP contribution in [0.2, 0.25) is 0 Å². The molecule has 0 bridgehead atoms. The molecule has 0 spiro atoms. The van der Waals surface area contributed by atoms with E-state index < -0.39 is 0 Å². The number of anilines is 1. The average molecular weight is 442 g/mol. The molecule has 2 aromatic carbocycles. The van der Waals surface area contributed by atoms with E-state index in [9.17, 15) is 0 Å². The van der Waals surface area contributed by atoms with E-state index in [-0.39, 0.29) is 12.1 Å². The predicted octanol–water partition coefficient (Wildman–Crippen LogP) is 5.92. The minimum absolute atomic E-state index is 0.136. The third-order valence-electron chi connectivity index (χ3n) is 5.50. The van der Waals surface area contributed by atoms with Gasteiger partial charge in [0.1, 0.15) is 23.3 Å². The summed E-state index contributed by atoms with van der Waals surface area (Å²) in [5, 5.41) is 4.11. The van der Waals surface area contributed by atoms with Crippen molar-refractivity contribution in [2.24, 2.45) is 0 Å². The molecule has 1 saturated heterocycles. The van der Waals surface area contributed by atoms with Gasteiger partial charge in [-0.15, -0.1) is 0 Å². The van der Waals surface area contributed by atoms with Gasteiger partial charge in [-0.05, 0) is 79.8 Å². The first-order valence-corrected chi connectivity index (χ1v) is 11.0. The van der Waals surface area contributed by atoms with E-state index in [1.165, 1.54) is 0 Å². The maximum absolute atomic E-state index is 6.40. The maximum atomic E-state index is 6.40. The van der Waals surface area contributed by atoms with Crippen molar-refractivity contribution in [3.63, 3.8) is 0 Å². The lowest BCUT2D eigenvalue weighted by Crippen LogP contribution is -2.29. The summed E-state index contributed by atoms with van der Waals surface area (Å²) in [4.78, 5) is 6.69. The molecular weight excluding hydrogens is 418 g/mol. The number of furan rings is 1. The van der Waals surface area contributed by atoms with Crippen molar-refractivity contribution in [1.29, 1.82) is 0 Å². The molecule has 1 N–H and O–H groups in total. The van der Waals surface area contributed by atoms with Crippen LogP contribution in [0.3, 0.4) is 0 Å². The zero-order chi connectivity index (χ0) is 21.9. The molecule has 0 aliphatic carbocycles. The van der Waals surface area contributed by atoms with Crippen molar-refractivity contribution in [3.05, 3.63) is 103 Å². The van der Waals surface area contributed by atoms with Crippen LogP contribution >= 0.6 is 12.2 Å². The number of nitrogens with one attached hydrogen (secondary N) is 1. The molecule has 2 unspecified atom stereocenters. The van der Waals surface area contributed by atoms with E-state index in [0.29, 0.717) is 11.7 Å². The predicted molar refractivity (Wildman–Crippen MR) is 130 cm³/mol. The zero-order valence-electron chi connectivity index (χ0n) is 17.6. The molecule has 32 heavy (non-hydrogen) atoms. The Hall–Kier alpha value is -3.64. The van der Waals surface area contributed by atoms with Crippen LogP contribution in [-0.2, 0) is 0 Å². The van der Waals surface area contributed by atoms with Crippen LogP contribution in [0.5, 0.6) is 5.75 Å². The van der Waals surface area contributed by atoms with Crippen molar-refractivity contribution >= 4 is 23.0 Å². The molecule has 0 saturated carbocycles. The van der Waals surface area contributed by atoms with E-state index in [1.807, 2.05) is 79.7 Å². The number of rotatable bonds is 6. The first kappa shape index (κ1) is 20.3. The topological polar surface area (TPSA) is 50.5 Å². The van der Waals surface area contributed by atoms with Gasteiger partial charge >= 0.3 is 0 Å². The highest BCUT2D eigenvalue weighted by atomic mass is 32.1. The summed E-state index contributed by atoms with van der Waals surface area (Å²) < 4.78 is 11.9.